The van der Waals surface area contributed by atoms with Gasteiger partial charge in [-0.05, 0) is 57.9 Å². The molecule has 0 radical (unpaired) electrons. The maximum Gasteiger partial charge on any atom is 0.306 e. The van der Waals surface area contributed by atoms with Crippen LogP contribution < -0.4 is 4.74 Å². The second kappa shape index (κ2) is 6.94. The van der Waals surface area contributed by atoms with Crippen LogP contribution in [0.25, 0.3) is 0 Å². The van der Waals surface area contributed by atoms with E-state index in [1.165, 1.54) is 0 Å². The molecule has 0 aliphatic carbocycles. The average Bonchev–Trinajstić information content (AvgIpc) is 2.24. The molecule has 0 aromatic heterocycles. The third kappa shape index (κ3) is 6.62. The number of benzene rings is 1. The SMILES string of the molecule is Cc1cc(Br)ccc1OCCCC(=O)OC(C)(C)C. The predicted molar refractivity (Wildman–Crippen MR) is 79.5 cm³/mol. The van der Waals surface area contributed by atoms with Gasteiger partial charge in [0.15, 0.2) is 0 Å². The molecule has 1 aromatic carbocycles. The van der Waals surface area contributed by atoms with E-state index in [2.05, 4.69) is 15.9 Å². The summed E-state index contributed by atoms with van der Waals surface area (Å²) < 4.78 is 11.9. The van der Waals surface area contributed by atoms with Crippen LogP contribution in [0.15, 0.2) is 22.7 Å². The molecule has 4 heteroatoms. The van der Waals surface area contributed by atoms with Crippen LogP contribution in [0, 0.1) is 6.92 Å². The summed E-state index contributed by atoms with van der Waals surface area (Å²) in [5.41, 5.74) is 0.659. The zero-order valence-corrected chi connectivity index (χ0v) is 13.5. The van der Waals surface area contributed by atoms with E-state index in [1.807, 2.05) is 45.9 Å². The molecular weight excluding hydrogens is 308 g/mol. The Kier molecular flexibility index (Phi) is 5.85. The topological polar surface area (TPSA) is 35.5 Å². The van der Waals surface area contributed by atoms with Crippen LogP contribution in [0.3, 0.4) is 0 Å². The first-order valence-electron chi connectivity index (χ1n) is 6.39. The van der Waals surface area contributed by atoms with Gasteiger partial charge in [-0.15, -0.1) is 0 Å². The lowest BCUT2D eigenvalue weighted by atomic mass is 10.2. The molecule has 0 spiro atoms. The second-order valence-electron chi connectivity index (χ2n) is 5.45. The van der Waals surface area contributed by atoms with Crippen molar-refractivity contribution in [1.82, 2.24) is 0 Å². The van der Waals surface area contributed by atoms with E-state index in [-0.39, 0.29) is 5.97 Å². The van der Waals surface area contributed by atoms with Gasteiger partial charge in [-0.25, -0.2) is 0 Å². The summed E-state index contributed by atoms with van der Waals surface area (Å²) in [6, 6.07) is 5.87. The fraction of sp³-hybridized carbons (Fsp3) is 0.533. The highest BCUT2D eigenvalue weighted by molar-refractivity contribution is 9.10. The van der Waals surface area contributed by atoms with Crippen LogP contribution in [0.2, 0.25) is 0 Å². The number of carbonyl (C=O) groups excluding carboxylic acids is 1. The zero-order valence-electron chi connectivity index (χ0n) is 12.0. The molecule has 0 aliphatic rings. The maximum atomic E-state index is 11.5. The fourth-order valence-electron chi connectivity index (χ4n) is 1.57. The van der Waals surface area contributed by atoms with Crippen molar-refractivity contribution in [1.29, 1.82) is 0 Å². The Morgan fingerprint density at radius 2 is 2.00 bits per heavy atom. The van der Waals surface area contributed by atoms with Crippen molar-refractivity contribution in [2.24, 2.45) is 0 Å². The molecule has 0 saturated carbocycles. The molecule has 3 nitrogen and oxygen atoms in total. The van der Waals surface area contributed by atoms with Gasteiger partial charge in [-0.2, -0.15) is 0 Å². The summed E-state index contributed by atoms with van der Waals surface area (Å²) in [5, 5.41) is 0. The Morgan fingerprint density at radius 3 is 2.58 bits per heavy atom. The Balaban J connectivity index is 2.29. The molecule has 0 amide bonds. The van der Waals surface area contributed by atoms with Crippen molar-refractivity contribution in [3.8, 4) is 5.75 Å². The van der Waals surface area contributed by atoms with Crippen LogP contribution >= 0.6 is 15.9 Å². The third-order valence-electron chi connectivity index (χ3n) is 2.34. The summed E-state index contributed by atoms with van der Waals surface area (Å²) >= 11 is 3.41. The number of rotatable bonds is 5. The molecular formula is C15H21BrO3. The fourth-order valence-corrected chi connectivity index (χ4v) is 2.04. The standard InChI is InChI=1S/C15H21BrO3/c1-11-10-12(16)7-8-13(11)18-9-5-6-14(17)19-15(2,3)4/h7-8,10H,5-6,9H2,1-4H3. The molecule has 0 fully saturated rings. The molecule has 19 heavy (non-hydrogen) atoms. The van der Waals surface area contributed by atoms with Crippen LogP contribution in [-0.2, 0) is 9.53 Å². The van der Waals surface area contributed by atoms with E-state index >= 15 is 0 Å². The van der Waals surface area contributed by atoms with Crippen molar-refractivity contribution in [2.75, 3.05) is 6.61 Å². The van der Waals surface area contributed by atoms with Gasteiger partial charge in [-0.3, -0.25) is 4.79 Å². The van der Waals surface area contributed by atoms with E-state index < -0.39 is 5.60 Å². The zero-order chi connectivity index (χ0) is 14.5. The number of ether oxygens (including phenoxy) is 2. The van der Waals surface area contributed by atoms with Crippen molar-refractivity contribution in [3.05, 3.63) is 28.2 Å². The quantitative estimate of drug-likeness (QED) is 0.598. The minimum atomic E-state index is -0.416. The van der Waals surface area contributed by atoms with E-state index in [4.69, 9.17) is 9.47 Å². The number of esters is 1. The summed E-state index contributed by atoms with van der Waals surface area (Å²) in [7, 11) is 0. The molecule has 0 unspecified atom stereocenters. The highest BCUT2D eigenvalue weighted by Gasteiger charge is 2.15. The first-order chi connectivity index (χ1) is 8.78. The van der Waals surface area contributed by atoms with E-state index in [0.29, 0.717) is 19.4 Å². The lowest BCUT2D eigenvalue weighted by molar-refractivity contribution is -0.155. The number of halogens is 1. The monoisotopic (exact) mass is 328 g/mol. The molecule has 106 valence electrons. The average molecular weight is 329 g/mol. The van der Waals surface area contributed by atoms with Gasteiger partial charge in [0.2, 0.25) is 0 Å². The van der Waals surface area contributed by atoms with Gasteiger partial charge in [0.25, 0.3) is 0 Å². The first-order valence-corrected chi connectivity index (χ1v) is 7.18. The van der Waals surface area contributed by atoms with E-state index in [0.717, 1.165) is 15.8 Å². The molecule has 0 saturated heterocycles. The van der Waals surface area contributed by atoms with Gasteiger partial charge >= 0.3 is 5.97 Å². The Labute approximate surface area is 123 Å². The second-order valence-corrected chi connectivity index (χ2v) is 6.36. The van der Waals surface area contributed by atoms with Crippen molar-refractivity contribution >= 4 is 21.9 Å². The predicted octanol–water partition coefficient (Wildman–Crippen LogP) is 4.26. The minimum Gasteiger partial charge on any atom is -0.493 e. The van der Waals surface area contributed by atoms with Gasteiger partial charge in [0.1, 0.15) is 11.4 Å². The number of hydrogen-bond donors (Lipinski definition) is 0. The Bertz CT molecular complexity index is 436. The van der Waals surface area contributed by atoms with Crippen molar-refractivity contribution in [3.63, 3.8) is 0 Å². The molecule has 0 N–H and O–H groups in total. The smallest absolute Gasteiger partial charge is 0.306 e. The number of carbonyl (C=O) groups is 1. The van der Waals surface area contributed by atoms with Crippen molar-refractivity contribution < 1.29 is 14.3 Å². The van der Waals surface area contributed by atoms with Crippen molar-refractivity contribution in [2.45, 2.75) is 46.1 Å². The normalized spacial score (nSPS) is 11.2. The molecule has 1 rings (SSSR count). The lowest BCUT2D eigenvalue weighted by Gasteiger charge is -2.19. The highest BCUT2D eigenvalue weighted by Crippen LogP contribution is 2.22. The maximum absolute atomic E-state index is 11.5. The van der Waals surface area contributed by atoms with Gasteiger partial charge in [0.05, 0.1) is 6.61 Å². The molecule has 1 aromatic rings. The summed E-state index contributed by atoms with van der Waals surface area (Å²) in [4.78, 5) is 11.5. The number of hydrogen-bond acceptors (Lipinski definition) is 3. The van der Waals surface area contributed by atoms with Gasteiger partial charge in [-0.1, -0.05) is 15.9 Å². The third-order valence-corrected chi connectivity index (χ3v) is 2.83. The molecule has 0 heterocycles. The number of aryl methyl sites for hydroxylation is 1. The van der Waals surface area contributed by atoms with Crippen LogP contribution in [0.4, 0.5) is 0 Å². The van der Waals surface area contributed by atoms with E-state index in [9.17, 15) is 4.79 Å². The Hall–Kier alpha value is -1.03. The van der Waals surface area contributed by atoms with Crippen LogP contribution in [0.1, 0.15) is 39.2 Å². The summed E-state index contributed by atoms with van der Waals surface area (Å²) in [6.45, 7) is 8.11. The van der Waals surface area contributed by atoms with Crippen LogP contribution in [-0.4, -0.2) is 18.2 Å². The minimum absolute atomic E-state index is 0.177. The summed E-state index contributed by atoms with van der Waals surface area (Å²) in [6.07, 6.45) is 1.04. The highest BCUT2D eigenvalue weighted by atomic mass is 79.9. The van der Waals surface area contributed by atoms with Crippen LogP contribution in [0.5, 0.6) is 5.75 Å². The van der Waals surface area contributed by atoms with Gasteiger partial charge in [0, 0.05) is 10.9 Å². The summed E-state index contributed by atoms with van der Waals surface area (Å²) in [5.74, 6) is 0.677. The van der Waals surface area contributed by atoms with E-state index in [1.54, 1.807) is 0 Å². The Morgan fingerprint density at radius 1 is 1.32 bits per heavy atom. The van der Waals surface area contributed by atoms with Gasteiger partial charge < -0.3 is 9.47 Å². The molecule has 0 atom stereocenters. The first kappa shape index (κ1) is 16.0. The lowest BCUT2D eigenvalue weighted by Crippen LogP contribution is -2.23. The molecule has 0 bridgehead atoms. The largest absolute Gasteiger partial charge is 0.493 e. The molecule has 0 aliphatic heterocycles.